The summed E-state index contributed by atoms with van der Waals surface area (Å²) in [4.78, 5) is 14.8. The molecule has 4 bridgehead atoms. The maximum atomic E-state index is 13.6. The van der Waals surface area contributed by atoms with Crippen molar-refractivity contribution in [2.24, 2.45) is 17.8 Å². The predicted octanol–water partition coefficient (Wildman–Crippen LogP) is 2.88. The Morgan fingerprint density at radius 1 is 1.19 bits per heavy atom. The second kappa shape index (κ2) is 6.02. The molecule has 146 valence electrons. The number of hydrogen-bond donors (Lipinski definition) is 1. The highest BCUT2D eigenvalue weighted by Gasteiger charge is 2.63. The molecule has 1 aromatic carbocycles. The Balaban J connectivity index is 1.53. The van der Waals surface area contributed by atoms with Gasteiger partial charge in [0.2, 0.25) is 5.91 Å². The van der Waals surface area contributed by atoms with Gasteiger partial charge in [-0.05, 0) is 67.6 Å². The fourth-order valence-electron chi connectivity index (χ4n) is 6.92. The highest BCUT2D eigenvalue weighted by molar-refractivity contribution is 5.79. The highest BCUT2D eigenvalue weighted by Crippen LogP contribution is 2.66. The van der Waals surface area contributed by atoms with E-state index in [1.807, 2.05) is 19.2 Å². The number of benzene rings is 1. The van der Waals surface area contributed by atoms with Crippen molar-refractivity contribution in [2.45, 2.75) is 55.6 Å². The van der Waals surface area contributed by atoms with Crippen molar-refractivity contribution in [3.8, 4) is 0 Å². The summed E-state index contributed by atoms with van der Waals surface area (Å²) < 4.78 is 19.6. The Hall–Kier alpha value is -1.46. The summed E-state index contributed by atoms with van der Waals surface area (Å²) in [6.45, 7) is 0.886. The SMILES string of the molecule is COC12CC3CC(C1)C(CC(=O)N1CC(O)C1)(c1ccc(F)cc1)C(C3)C2. The van der Waals surface area contributed by atoms with Crippen molar-refractivity contribution < 1.29 is 19.0 Å². The number of halogens is 1. The van der Waals surface area contributed by atoms with Gasteiger partial charge in [0.05, 0.1) is 11.7 Å². The molecule has 1 heterocycles. The zero-order valence-corrected chi connectivity index (χ0v) is 15.9. The van der Waals surface area contributed by atoms with Gasteiger partial charge in [0.1, 0.15) is 5.82 Å². The molecule has 5 fully saturated rings. The summed E-state index contributed by atoms with van der Waals surface area (Å²) in [5, 5.41) is 9.60. The van der Waals surface area contributed by atoms with Gasteiger partial charge in [-0.1, -0.05) is 12.1 Å². The van der Waals surface area contributed by atoms with Crippen LogP contribution in [-0.4, -0.2) is 47.8 Å². The summed E-state index contributed by atoms with van der Waals surface area (Å²) in [6, 6.07) is 6.86. The van der Waals surface area contributed by atoms with Crippen molar-refractivity contribution in [1.29, 1.82) is 0 Å². The summed E-state index contributed by atoms with van der Waals surface area (Å²) in [6.07, 6.45) is 5.47. The Kier molecular flexibility index (Phi) is 3.93. The number of ether oxygens (including phenoxy) is 1. The second-order valence-electron chi connectivity index (χ2n) is 9.41. The van der Waals surface area contributed by atoms with Crippen molar-refractivity contribution in [3.05, 3.63) is 35.6 Å². The molecule has 1 amide bonds. The first-order chi connectivity index (χ1) is 12.9. The number of methoxy groups -OCH3 is 1. The van der Waals surface area contributed by atoms with Gasteiger partial charge in [0.15, 0.2) is 0 Å². The van der Waals surface area contributed by atoms with Crippen LogP contribution in [0.2, 0.25) is 0 Å². The molecule has 5 aliphatic rings. The fourth-order valence-corrected chi connectivity index (χ4v) is 6.92. The second-order valence-corrected chi connectivity index (χ2v) is 9.41. The topological polar surface area (TPSA) is 49.8 Å². The number of hydrogen-bond acceptors (Lipinski definition) is 3. The van der Waals surface area contributed by atoms with Gasteiger partial charge in [-0.25, -0.2) is 4.39 Å². The van der Waals surface area contributed by atoms with Crippen LogP contribution in [-0.2, 0) is 14.9 Å². The molecule has 1 N–H and O–H groups in total. The first-order valence-corrected chi connectivity index (χ1v) is 10.2. The molecule has 6 rings (SSSR count). The standard InChI is InChI=1S/C22H28FNO3/c1-27-21-8-14-6-16(9-21)22(17(7-14)10-21,15-2-4-18(23)5-3-15)11-20(26)24-12-19(25)13-24/h2-5,14,16-17,19,25H,6-13H2,1H3. The van der Waals surface area contributed by atoms with Crippen molar-refractivity contribution >= 4 is 5.91 Å². The third kappa shape index (κ3) is 2.58. The molecule has 0 radical (unpaired) electrons. The minimum atomic E-state index is -0.383. The van der Waals surface area contributed by atoms with E-state index in [0.29, 0.717) is 37.3 Å². The van der Waals surface area contributed by atoms with Gasteiger partial charge in [-0.15, -0.1) is 0 Å². The lowest BCUT2D eigenvalue weighted by Crippen LogP contribution is -2.64. The zero-order chi connectivity index (χ0) is 18.8. The molecule has 2 unspecified atom stereocenters. The largest absolute Gasteiger partial charge is 0.389 e. The van der Waals surface area contributed by atoms with E-state index in [1.54, 1.807) is 4.90 Å². The average Bonchev–Trinajstić information content (AvgIpc) is 2.62. The maximum absolute atomic E-state index is 13.6. The lowest BCUT2D eigenvalue weighted by Gasteiger charge is -2.65. The van der Waals surface area contributed by atoms with Gasteiger partial charge < -0.3 is 14.7 Å². The number of amides is 1. The number of likely N-dealkylation sites (tertiary alicyclic amines) is 1. The molecule has 2 atom stereocenters. The molecular weight excluding hydrogens is 345 g/mol. The van der Waals surface area contributed by atoms with Crippen LogP contribution in [0.25, 0.3) is 0 Å². The fraction of sp³-hybridized carbons (Fsp3) is 0.682. The van der Waals surface area contributed by atoms with Crippen LogP contribution in [0.1, 0.15) is 44.1 Å². The number of carbonyl (C=O) groups is 1. The van der Waals surface area contributed by atoms with Crippen LogP contribution in [0.4, 0.5) is 4.39 Å². The number of β-amino-alcohol motifs (C(OH)–C–C–N with tert-alkyl or cyclic N) is 1. The Bertz CT molecular complexity index is 726. The molecular formula is C22H28FNO3. The molecule has 27 heavy (non-hydrogen) atoms. The van der Waals surface area contributed by atoms with Crippen molar-refractivity contribution in [1.82, 2.24) is 4.90 Å². The third-order valence-electron chi connectivity index (χ3n) is 8.06. The molecule has 0 spiro atoms. The minimum absolute atomic E-state index is 0.0317. The maximum Gasteiger partial charge on any atom is 0.223 e. The van der Waals surface area contributed by atoms with Gasteiger partial charge in [0, 0.05) is 32.0 Å². The van der Waals surface area contributed by atoms with Crippen molar-refractivity contribution in [3.63, 3.8) is 0 Å². The number of nitrogens with zero attached hydrogens (tertiary/aromatic N) is 1. The van der Waals surface area contributed by atoms with Gasteiger partial charge in [-0.2, -0.15) is 0 Å². The first kappa shape index (κ1) is 17.6. The number of rotatable bonds is 4. The van der Waals surface area contributed by atoms with E-state index in [4.69, 9.17) is 4.74 Å². The molecule has 5 heteroatoms. The van der Waals surface area contributed by atoms with Crippen LogP contribution in [0.15, 0.2) is 24.3 Å². The number of aliphatic hydroxyl groups excluding tert-OH is 1. The number of carbonyl (C=O) groups excluding carboxylic acids is 1. The normalized spacial score (nSPS) is 40.3. The predicted molar refractivity (Wildman–Crippen MR) is 98.6 cm³/mol. The molecule has 4 aliphatic carbocycles. The molecule has 0 aromatic heterocycles. The molecule has 1 aliphatic heterocycles. The Morgan fingerprint density at radius 3 is 2.37 bits per heavy atom. The highest BCUT2D eigenvalue weighted by atomic mass is 19.1. The lowest BCUT2D eigenvalue weighted by molar-refractivity contribution is -0.186. The van der Waals surface area contributed by atoms with Crippen LogP contribution in [0.5, 0.6) is 0 Å². The van der Waals surface area contributed by atoms with Gasteiger partial charge in [0.25, 0.3) is 0 Å². The zero-order valence-electron chi connectivity index (χ0n) is 15.9. The van der Waals surface area contributed by atoms with Crippen LogP contribution in [0.3, 0.4) is 0 Å². The van der Waals surface area contributed by atoms with E-state index < -0.39 is 0 Å². The summed E-state index contributed by atoms with van der Waals surface area (Å²) in [7, 11) is 1.83. The first-order valence-electron chi connectivity index (χ1n) is 10.2. The van der Waals surface area contributed by atoms with E-state index in [1.165, 1.54) is 12.1 Å². The lowest BCUT2D eigenvalue weighted by atomic mass is 9.41. The van der Waals surface area contributed by atoms with Gasteiger partial charge in [-0.3, -0.25) is 4.79 Å². The van der Waals surface area contributed by atoms with Crippen LogP contribution in [0, 0.1) is 23.6 Å². The molecule has 1 aromatic rings. The van der Waals surface area contributed by atoms with E-state index in [-0.39, 0.29) is 28.8 Å². The summed E-state index contributed by atoms with van der Waals surface area (Å²) >= 11 is 0. The smallest absolute Gasteiger partial charge is 0.223 e. The van der Waals surface area contributed by atoms with Crippen LogP contribution < -0.4 is 0 Å². The van der Waals surface area contributed by atoms with E-state index in [0.717, 1.165) is 37.7 Å². The van der Waals surface area contributed by atoms with Crippen molar-refractivity contribution in [2.75, 3.05) is 20.2 Å². The third-order valence-corrected chi connectivity index (χ3v) is 8.06. The monoisotopic (exact) mass is 373 g/mol. The molecule has 1 saturated heterocycles. The average molecular weight is 373 g/mol. The molecule has 4 nitrogen and oxygen atoms in total. The minimum Gasteiger partial charge on any atom is -0.389 e. The van der Waals surface area contributed by atoms with E-state index in [2.05, 4.69) is 0 Å². The quantitative estimate of drug-likeness (QED) is 0.883. The Labute approximate surface area is 159 Å². The van der Waals surface area contributed by atoms with Crippen LogP contribution >= 0.6 is 0 Å². The summed E-state index contributed by atoms with van der Waals surface area (Å²) in [5.74, 6) is 1.36. The van der Waals surface area contributed by atoms with Gasteiger partial charge >= 0.3 is 0 Å². The molecule has 4 saturated carbocycles. The van der Waals surface area contributed by atoms with E-state index in [9.17, 15) is 14.3 Å². The summed E-state index contributed by atoms with van der Waals surface area (Å²) in [5.41, 5.74) is 0.846. The number of aliphatic hydroxyl groups is 1. The van der Waals surface area contributed by atoms with E-state index >= 15 is 0 Å². The Morgan fingerprint density at radius 2 is 1.81 bits per heavy atom.